The van der Waals surface area contributed by atoms with E-state index in [0.29, 0.717) is 29.0 Å². The van der Waals surface area contributed by atoms with Crippen LogP contribution in [-0.4, -0.2) is 29.3 Å². The molecule has 0 atom stereocenters. The number of methoxy groups -OCH3 is 1. The SMILES string of the molecule is COc1cc(/C=C/C(=O)Oc2ccc(/C=C/C(=O)O)cc2CC=C(C)C)ccc1O. The minimum absolute atomic E-state index is 0.0122. The van der Waals surface area contributed by atoms with Crippen molar-refractivity contribution >= 4 is 24.1 Å². The molecule has 2 aromatic carbocycles. The molecule has 0 bridgehead atoms. The molecule has 0 fully saturated rings. The maximum absolute atomic E-state index is 12.3. The van der Waals surface area contributed by atoms with Crippen molar-refractivity contribution < 1.29 is 29.3 Å². The monoisotopic (exact) mass is 408 g/mol. The first-order valence-corrected chi connectivity index (χ1v) is 9.22. The second-order valence-electron chi connectivity index (χ2n) is 6.71. The van der Waals surface area contributed by atoms with Crippen molar-refractivity contribution in [2.75, 3.05) is 7.11 Å². The van der Waals surface area contributed by atoms with Gasteiger partial charge in [0.1, 0.15) is 5.75 Å². The van der Waals surface area contributed by atoms with Crippen LogP contribution >= 0.6 is 0 Å². The largest absolute Gasteiger partial charge is 0.504 e. The summed E-state index contributed by atoms with van der Waals surface area (Å²) in [6, 6.07) is 9.84. The Balaban J connectivity index is 2.21. The predicted octanol–water partition coefficient (Wildman–Crippen LogP) is 4.63. The number of phenols is 1. The molecule has 0 aliphatic carbocycles. The average Bonchev–Trinajstić information content (AvgIpc) is 2.71. The number of ether oxygens (including phenoxy) is 2. The van der Waals surface area contributed by atoms with E-state index in [1.807, 2.05) is 19.9 Å². The Morgan fingerprint density at radius 2 is 1.63 bits per heavy atom. The summed E-state index contributed by atoms with van der Waals surface area (Å²) in [5.74, 6) is -0.878. The van der Waals surface area contributed by atoms with Gasteiger partial charge in [-0.2, -0.15) is 0 Å². The predicted molar refractivity (Wildman–Crippen MR) is 116 cm³/mol. The summed E-state index contributed by atoms with van der Waals surface area (Å²) in [6.45, 7) is 3.93. The van der Waals surface area contributed by atoms with Crippen LogP contribution in [0.4, 0.5) is 0 Å². The van der Waals surface area contributed by atoms with Gasteiger partial charge in [0.25, 0.3) is 0 Å². The number of carbonyl (C=O) groups is 2. The normalized spacial score (nSPS) is 10.9. The van der Waals surface area contributed by atoms with Crippen molar-refractivity contribution in [1.29, 1.82) is 0 Å². The fourth-order valence-electron chi connectivity index (χ4n) is 2.55. The molecular weight excluding hydrogens is 384 g/mol. The van der Waals surface area contributed by atoms with Crippen LogP contribution in [0.25, 0.3) is 12.2 Å². The lowest BCUT2D eigenvalue weighted by molar-refractivity contribution is -0.131. The van der Waals surface area contributed by atoms with E-state index in [9.17, 15) is 14.7 Å². The van der Waals surface area contributed by atoms with Gasteiger partial charge in [-0.15, -0.1) is 0 Å². The zero-order valence-electron chi connectivity index (χ0n) is 17.1. The van der Waals surface area contributed by atoms with E-state index < -0.39 is 11.9 Å². The second-order valence-corrected chi connectivity index (χ2v) is 6.71. The highest BCUT2D eigenvalue weighted by Crippen LogP contribution is 2.27. The van der Waals surface area contributed by atoms with Gasteiger partial charge in [-0.1, -0.05) is 23.8 Å². The number of phenolic OH excluding ortho intramolecular Hbond substituents is 1. The van der Waals surface area contributed by atoms with Crippen LogP contribution in [0.15, 0.2) is 60.2 Å². The highest BCUT2D eigenvalue weighted by atomic mass is 16.5. The first kappa shape index (κ1) is 22.5. The van der Waals surface area contributed by atoms with Crippen LogP contribution in [0.5, 0.6) is 17.2 Å². The number of esters is 1. The fourth-order valence-corrected chi connectivity index (χ4v) is 2.55. The topological polar surface area (TPSA) is 93.1 Å². The van der Waals surface area contributed by atoms with Crippen molar-refractivity contribution in [3.05, 3.63) is 76.9 Å². The molecule has 30 heavy (non-hydrogen) atoms. The van der Waals surface area contributed by atoms with Crippen LogP contribution < -0.4 is 9.47 Å². The summed E-state index contributed by atoms with van der Waals surface area (Å²) in [5, 5.41) is 18.4. The standard InChI is InChI=1S/C24H24O6/c1-16(2)4-9-19-14-17(7-12-23(26)27)6-11-21(19)30-24(28)13-8-18-5-10-20(25)22(15-18)29-3/h4-8,10-15,25H,9H2,1-3H3,(H,26,27)/b12-7+,13-8+. The summed E-state index contributed by atoms with van der Waals surface area (Å²) in [7, 11) is 1.44. The van der Waals surface area contributed by atoms with E-state index >= 15 is 0 Å². The summed E-state index contributed by atoms with van der Waals surface area (Å²) >= 11 is 0. The number of carbonyl (C=O) groups excluding carboxylic acids is 1. The van der Waals surface area contributed by atoms with Gasteiger partial charge in [-0.3, -0.25) is 0 Å². The molecule has 0 radical (unpaired) electrons. The molecule has 0 saturated carbocycles. The number of aromatic hydroxyl groups is 1. The molecular formula is C24H24O6. The average molecular weight is 408 g/mol. The third-order valence-electron chi connectivity index (χ3n) is 4.06. The highest BCUT2D eigenvalue weighted by molar-refractivity contribution is 5.89. The minimum Gasteiger partial charge on any atom is -0.504 e. The molecule has 156 valence electrons. The molecule has 0 aromatic heterocycles. The highest BCUT2D eigenvalue weighted by Gasteiger charge is 2.08. The Kier molecular flexibility index (Phi) is 7.99. The summed E-state index contributed by atoms with van der Waals surface area (Å²) in [6.07, 6.45) is 7.92. The van der Waals surface area contributed by atoms with Crippen LogP contribution in [0.1, 0.15) is 30.5 Å². The molecule has 0 amide bonds. The van der Waals surface area contributed by atoms with Crippen LogP contribution in [0, 0.1) is 0 Å². The zero-order chi connectivity index (χ0) is 22.1. The van der Waals surface area contributed by atoms with Crippen molar-refractivity contribution in [2.45, 2.75) is 20.3 Å². The quantitative estimate of drug-likeness (QED) is 0.286. The Morgan fingerprint density at radius 1 is 0.967 bits per heavy atom. The van der Waals surface area contributed by atoms with E-state index in [4.69, 9.17) is 14.6 Å². The molecule has 2 aromatic rings. The lowest BCUT2D eigenvalue weighted by Gasteiger charge is -2.09. The Hall–Kier alpha value is -3.80. The van der Waals surface area contributed by atoms with E-state index in [-0.39, 0.29) is 5.75 Å². The number of allylic oxidation sites excluding steroid dienone is 2. The number of hydrogen-bond donors (Lipinski definition) is 2. The summed E-state index contributed by atoms with van der Waals surface area (Å²) in [4.78, 5) is 23.0. The van der Waals surface area contributed by atoms with Gasteiger partial charge in [0.05, 0.1) is 7.11 Å². The summed E-state index contributed by atoms with van der Waals surface area (Å²) < 4.78 is 10.5. The Labute approximate surface area is 175 Å². The van der Waals surface area contributed by atoms with Crippen molar-refractivity contribution in [2.24, 2.45) is 0 Å². The van der Waals surface area contributed by atoms with Gasteiger partial charge < -0.3 is 19.7 Å². The number of rotatable bonds is 8. The molecule has 0 aliphatic rings. The van der Waals surface area contributed by atoms with Crippen LogP contribution in [0.2, 0.25) is 0 Å². The van der Waals surface area contributed by atoms with Crippen molar-refractivity contribution in [3.63, 3.8) is 0 Å². The molecule has 2 N–H and O–H groups in total. The summed E-state index contributed by atoms with van der Waals surface area (Å²) in [5.41, 5.74) is 3.23. The minimum atomic E-state index is -1.03. The van der Waals surface area contributed by atoms with Gasteiger partial charge in [-0.05, 0) is 73.4 Å². The Bertz CT molecular complexity index is 1010. The van der Waals surface area contributed by atoms with Crippen molar-refractivity contribution in [3.8, 4) is 17.2 Å². The number of carboxylic acids is 1. The molecule has 0 aliphatic heterocycles. The van der Waals surface area contributed by atoms with Crippen molar-refractivity contribution in [1.82, 2.24) is 0 Å². The second kappa shape index (κ2) is 10.7. The number of benzene rings is 2. The molecule has 0 unspecified atom stereocenters. The molecule has 0 heterocycles. The Morgan fingerprint density at radius 3 is 2.30 bits per heavy atom. The lowest BCUT2D eigenvalue weighted by atomic mass is 10.0. The number of hydrogen-bond acceptors (Lipinski definition) is 5. The van der Waals surface area contributed by atoms with Gasteiger partial charge in [0.15, 0.2) is 11.5 Å². The molecule has 6 heteroatoms. The first-order valence-electron chi connectivity index (χ1n) is 9.22. The maximum atomic E-state index is 12.3. The maximum Gasteiger partial charge on any atom is 0.336 e. The molecule has 6 nitrogen and oxygen atoms in total. The molecule has 0 saturated heterocycles. The zero-order valence-corrected chi connectivity index (χ0v) is 17.1. The van der Waals surface area contributed by atoms with E-state index in [1.165, 1.54) is 25.3 Å². The van der Waals surface area contributed by atoms with Gasteiger partial charge in [-0.25, -0.2) is 9.59 Å². The third-order valence-corrected chi connectivity index (χ3v) is 4.06. The third kappa shape index (κ3) is 6.98. The van der Waals surface area contributed by atoms with Crippen LogP contribution in [0.3, 0.4) is 0 Å². The molecule has 0 spiro atoms. The van der Waals surface area contributed by atoms with E-state index in [0.717, 1.165) is 17.2 Å². The first-order chi connectivity index (χ1) is 14.3. The van der Waals surface area contributed by atoms with E-state index in [2.05, 4.69) is 0 Å². The molecule has 2 rings (SSSR count). The fraction of sp³-hybridized carbons (Fsp3) is 0.167. The van der Waals surface area contributed by atoms with Gasteiger partial charge >= 0.3 is 11.9 Å². The van der Waals surface area contributed by atoms with Gasteiger partial charge in [0.2, 0.25) is 0 Å². The number of aliphatic carboxylic acids is 1. The van der Waals surface area contributed by atoms with Gasteiger partial charge in [0, 0.05) is 12.2 Å². The smallest absolute Gasteiger partial charge is 0.336 e. The van der Waals surface area contributed by atoms with Crippen LogP contribution in [-0.2, 0) is 16.0 Å². The number of carboxylic acid groups (broad SMARTS) is 1. The van der Waals surface area contributed by atoms with E-state index in [1.54, 1.807) is 36.4 Å². The lowest BCUT2D eigenvalue weighted by Crippen LogP contribution is -2.06.